The molecular formula is C9H15N3O. The Kier molecular flexibility index (Phi) is 1.70. The molecule has 1 heterocycles. The maximum atomic E-state index is 10.3. The van der Waals surface area contributed by atoms with E-state index in [1.807, 2.05) is 7.05 Å². The highest BCUT2D eigenvalue weighted by molar-refractivity contribution is 5.15. The van der Waals surface area contributed by atoms with Crippen LogP contribution in [-0.2, 0) is 12.6 Å². The van der Waals surface area contributed by atoms with Crippen LogP contribution in [-0.4, -0.2) is 20.1 Å². The largest absolute Gasteiger partial charge is 0.383 e. The zero-order valence-electron chi connectivity index (χ0n) is 8.23. The third kappa shape index (κ3) is 1.01. The van der Waals surface area contributed by atoms with E-state index in [0.29, 0.717) is 11.8 Å². The monoisotopic (exact) mass is 181 g/mol. The van der Waals surface area contributed by atoms with Crippen LogP contribution in [0.2, 0.25) is 0 Å². The number of nitrogens with zero attached hydrogens (tertiary/aromatic N) is 3. The second-order valence-electron chi connectivity index (χ2n) is 4.14. The molecule has 0 aromatic carbocycles. The Morgan fingerprint density at radius 2 is 2.31 bits per heavy atom. The van der Waals surface area contributed by atoms with Gasteiger partial charge in [0.05, 0.1) is 11.9 Å². The first-order valence-electron chi connectivity index (χ1n) is 4.63. The van der Waals surface area contributed by atoms with E-state index >= 15 is 0 Å². The molecule has 3 unspecified atom stereocenters. The van der Waals surface area contributed by atoms with Crippen LogP contribution in [0.3, 0.4) is 0 Å². The summed E-state index contributed by atoms with van der Waals surface area (Å²) in [6.07, 6.45) is 2.47. The van der Waals surface area contributed by atoms with E-state index in [2.05, 4.69) is 24.2 Å². The van der Waals surface area contributed by atoms with Crippen molar-refractivity contribution in [3.05, 3.63) is 11.9 Å². The Hall–Kier alpha value is -0.900. The molecule has 0 amide bonds. The van der Waals surface area contributed by atoms with Gasteiger partial charge in [-0.15, -0.1) is 5.10 Å². The lowest BCUT2D eigenvalue weighted by atomic mass is 9.61. The predicted octanol–water partition coefficient (Wildman–Crippen LogP) is 0.679. The van der Waals surface area contributed by atoms with E-state index in [-0.39, 0.29) is 0 Å². The molecule has 1 aliphatic carbocycles. The van der Waals surface area contributed by atoms with Gasteiger partial charge in [0.15, 0.2) is 0 Å². The maximum absolute atomic E-state index is 10.3. The zero-order valence-corrected chi connectivity index (χ0v) is 8.23. The minimum atomic E-state index is -0.697. The number of hydrogen-bond donors (Lipinski definition) is 1. The minimum Gasteiger partial charge on any atom is -0.383 e. The lowest BCUT2D eigenvalue weighted by molar-refractivity contribution is -0.137. The van der Waals surface area contributed by atoms with Crippen molar-refractivity contribution in [2.75, 3.05) is 0 Å². The van der Waals surface area contributed by atoms with Gasteiger partial charge in [0.2, 0.25) is 0 Å². The van der Waals surface area contributed by atoms with Crippen molar-refractivity contribution in [1.29, 1.82) is 0 Å². The summed E-state index contributed by atoms with van der Waals surface area (Å²) in [5.74, 6) is 0.879. The highest BCUT2D eigenvalue weighted by atomic mass is 16.3. The van der Waals surface area contributed by atoms with E-state index in [0.717, 1.165) is 12.1 Å². The van der Waals surface area contributed by atoms with Crippen LogP contribution < -0.4 is 0 Å². The quantitative estimate of drug-likeness (QED) is 0.693. The van der Waals surface area contributed by atoms with E-state index < -0.39 is 5.60 Å². The van der Waals surface area contributed by atoms with Gasteiger partial charge in [-0.05, 0) is 18.3 Å². The summed E-state index contributed by atoms with van der Waals surface area (Å²) in [6.45, 7) is 4.23. The molecule has 3 atom stereocenters. The number of aliphatic hydroxyl groups is 1. The van der Waals surface area contributed by atoms with Crippen LogP contribution in [0.1, 0.15) is 26.0 Å². The van der Waals surface area contributed by atoms with Gasteiger partial charge >= 0.3 is 0 Å². The SMILES string of the molecule is CC1CC(O)(c2cnnn2C)C1C. The van der Waals surface area contributed by atoms with Crippen molar-refractivity contribution in [1.82, 2.24) is 15.0 Å². The van der Waals surface area contributed by atoms with Crippen molar-refractivity contribution in [2.24, 2.45) is 18.9 Å². The fraction of sp³-hybridized carbons (Fsp3) is 0.778. The summed E-state index contributed by atoms with van der Waals surface area (Å²) < 4.78 is 1.66. The average molecular weight is 181 g/mol. The molecule has 1 aromatic heterocycles. The summed E-state index contributed by atoms with van der Waals surface area (Å²) in [6, 6.07) is 0. The standard InChI is InChI=1S/C9H15N3O/c1-6-4-9(13,7(6)2)8-5-10-11-12(8)3/h5-7,13H,4H2,1-3H3. The van der Waals surface area contributed by atoms with Crippen molar-refractivity contribution in [2.45, 2.75) is 25.9 Å². The van der Waals surface area contributed by atoms with Crippen molar-refractivity contribution in [3.8, 4) is 0 Å². The molecule has 1 N–H and O–H groups in total. The summed E-state index contributed by atoms with van der Waals surface area (Å²) in [7, 11) is 1.82. The van der Waals surface area contributed by atoms with E-state index in [9.17, 15) is 5.11 Å². The second kappa shape index (κ2) is 2.54. The van der Waals surface area contributed by atoms with E-state index in [1.54, 1.807) is 10.9 Å². The number of hydrogen-bond acceptors (Lipinski definition) is 3. The summed E-state index contributed by atoms with van der Waals surface area (Å²) in [5, 5.41) is 17.9. The Balaban J connectivity index is 2.32. The smallest absolute Gasteiger partial charge is 0.111 e. The van der Waals surface area contributed by atoms with Gasteiger partial charge in [-0.3, -0.25) is 0 Å². The second-order valence-corrected chi connectivity index (χ2v) is 4.14. The molecule has 1 aliphatic rings. The van der Waals surface area contributed by atoms with Crippen LogP contribution in [0.15, 0.2) is 6.20 Å². The molecule has 1 fully saturated rings. The zero-order chi connectivity index (χ0) is 9.64. The molecule has 4 nitrogen and oxygen atoms in total. The molecular weight excluding hydrogens is 166 g/mol. The predicted molar refractivity (Wildman–Crippen MR) is 47.8 cm³/mol. The van der Waals surface area contributed by atoms with Gasteiger partial charge < -0.3 is 5.11 Å². The number of rotatable bonds is 1. The number of aromatic nitrogens is 3. The highest BCUT2D eigenvalue weighted by Crippen LogP contribution is 2.49. The van der Waals surface area contributed by atoms with Gasteiger partial charge in [0, 0.05) is 7.05 Å². The summed E-state index contributed by atoms with van der Waals surface area (Å²) in [5.41, 5.74) is 0.135. The van der Waals surface area contributed by atoms with Gasteiger partial charge in [0.25, 0.3) is 0 Å². The van der Waals surface area contributed by atoms with Gasteiger partial charge in [0.1, 0.15) is 5.60 Å². The molecule has 0 saturated heterocycles. The van der Waals surface area contributed by atoms with Crippen molar-refractivity contribution in [3.63, 3.8) is 0 Å². The Morgan fingerprint density at radius 3 is 2.69 bits per heavy atom. The number of aryl methyl sites for hydroxylation is 1. The maximum Gasteiger partial charge on any atom is 0.111 e. The summed E-state index contributed by atoms with van der Waals surface area (Å²) >= 11 is 0. The Morgan fingerprint density at radius 1 is 1.62 bits per heavy atom. The fourth-order valence-corrected chi connectivity index (χ4v) is 2.18. The first-order chi connectivity index (χ1) is 6.05. The van der Waals surface area contributed by atoms with Gasteiger partial charge in [-0.1, -0.05) is 19.1 Å². The Bertz CT molecular complexity index is 322. The van der Waals surface area contributed by atoms with Crippen LogP contribution >= 0.6 is 0 Å². The molecule has 2 rings (SSSR count). The lowest BCUT2D eigenvalue weighted by Crippen LogP contribution is -2.49. The molecule has 0 aliphatic heterocycles. The molecule has 4 heteroatoms. The third-order valence-electron chi connectivity index (χ3n) is 3.40. The van der Waals surface area contributed by atoms with Crippen molar-refractivity contribution < 1.29 is 5.11 Å². The first kappa shape index (κ1) is 8.69. The molecule has 0 radical (unpaired) electrons. The molecule has 13 heavy (non-hydrogen) atoms. The molecule has 1 saturated carbocycles. The van der Waals surface area contributed by atoms with E-state index in [1.165, 1.54) is 0 Å². The van der Waals surface area contributed by atoms with Crippen LogP contribution in [0.5, 0.6) is 0 Å². The van der Waals surface area contributed by atoms with Gasteiger partial charge in [-0.2, -0.15) is 0 Å². The lowest BCUT2D eigenvalue weighted by Gasteiger charge is -2.48. The molecule has 0 bridgehead atoms. The van der Waals surface area contributed by atoms with Crippen LogP contribution in [0.4, 0.5) is 0 Å². The topological polar surface area (TPSA) is 50.9 Å². The molecule has 0 spiro atoms. The Labute approximate surface area is 77.6 Å². The van der Waals surface area contributed by atoms with Gasteiger partial charge in [-0.25, -0.2) is 4.68 Å². The fourth-order valence-electron chi connectivity index (χ4n) is 2.18. The van der Waals surface area contributed by atoms with Crippen LogP contribution in [0, 0.1) is 11.8 Å². The average Bonchev–Trinajstić information content (AvgIpc) is 2.51. The third-order valence-corrected chi connectivity index (χ3v) is 3.40. The van der Waals surface area contributed by atoms with Crippen molar-refractivity contribution >= 4 is 0 Å². The molecule has 1 aromatic rings. The van der Waals surface area contributed by atoms with Crippen LogP contribution in [0.25, 0.3) is 0 Å². The molecule has 72 valence electrons. The van der Waals surface area contributed by atoms with E-state index in [4.69, 9.17) is 0 Å². The first-order valence-corrected chi connectivity index (χ1v) is 4.63. The minimum absolute atomic E-state index is 0.296. The normalized spacial score (nSPS) is 38.8. The highest BCUT2D eigenvalue weighted by Gasteiger charge is 2.50. The summed E-state index contributed by atoms with van der Waals surface area (Å²) in [4.78, 5) is 0.